The fourth-order valence-electron chi connectivity index (χ4n) is 2.50. The van der Waals surface area contributed by atoms with E-state index in [1.165, 1.54) is 0 Å². The molecule has 0 aliphatic carbocycles. The number of carbonyl (C=O) groups excluding carboxylic acids is 1. The van der Waals surface area contributed by atoms with Gasteiger partial charge < -0.3 is 25.2 Å². The van der Waals surface area contributed by atoms with Gasteiger partial charge in [0.2, 0.25) is 0 Å². The summed E-state index contributed by atoms with van der Waals surface area (Å²) in [4.78, 5) is 23.1. The molecule has 2 rings (SSSR count). The number of amides is 2. The molecule has 3 atom stereocenters. The van der Waals surface area contributed by atoms with E-state index in [0.717, 1.165) is 19.4 Å². The fraction of sp³-hybridized carbons (Fsp3) is 0.846. The molecule has 0 aromatic heterocycles. The van der Waals surface area contributed by atoms with Crippen LogP contribution in [0.25, 0.3) is 0 Å². The van der Waals surface area contributed by atoms with Gasteiger partial charge in [0.1, 0.15) is 5.41 Å². The SMILES string of the molecule is CC1(C(=O)O)COCC1NC(=O)NCC1CCCOC1. The molecule has 2 heterocycles. The molecule has 2 fully saturated rings. The molecule has 20 heavy (non-hydrogen) atoms. The van der Waals surface area contributed by atoms with Gasteiger partial charge in [0.15, 0.2) is 0 Å². The maximum atomic E-state index is 11.8. The third kappa shape index (κ3) is 3.40. The molecule has 114 valence electrons. The molecule has 2 aliphatic rings. The fourth-order valence-corrected chi connectivity index (χ4v) is 2.50. The summed E-state index contributed by atoms with van der Waals surface area (Å²) in [6, 6.07) is -0.860. The van der Waals surface area contributed by atoms with E-state index in [2.05, 4.69) is 10.6 Å². The predicted molar refractivity (Wildman–Crippen MR) is 70.4 cm³/mol. The first-order valence-corrected chi connectivity index (χ1v) is 6.95. The van der Waals surface area contributed by atoms with E-state index < -0.39 is 17.4 Å². The number of nitrogens with one attached hydrogen (secondary N) is 2. The molecule has 0 radical (unpaired) electrons. The second kappa shape index (κ2) is 6.41. The maximum Gasteiger partial charge on any atom is 0.315 e. The summed E-state index contributed by atoms with van der Waals surface area (Å²) in [6.07, 6.45) is 2.06. The number of rotatable bonds is 4. The van der Waals surface area contributed by atoms with Crippen LogP contribution in [0.15, 0.2) is 0 Å². The number of carboxylic acid groups (broad SMARTS) is 1. The number of hydrogen-bond acceptors (Lipinski definition) is 4. The Kier molecular flexibility index (Phi) is 4.82. The molecule has 0 saturated carbocycles. The lowest BCUT2D eigenvalue weighted by Crippen LogP contribution is -2.53. The second-order valence-electron chi connectivity index (χ2n) is 5.73. The highest BCUT2D eigenvalue weighted by Gasteiger charge is 2.47. The third-order valence-corrected chi connectivity index (χ3v) is 4.06. The normalized spacial score (nSPS) is 33.6. The van der Waals surface area contributed by atoms with Crippen molar-refractivity contribution >= 4 is 12.0 Å². The molecule has 2 amide bonds. The van der Waals surface area contributed by atoms with Crippen molar-refractivity contribution in [2.45, 2.75) is 25.8 Å². The lowest BCUT2D eigenvalue weighted by atomic mass is 9.85. The lowest BCUT2D eigenvalue weighted by molar-refractivity contribution is -0.148. The molecule has 2 aliphatic heterocycles. The topological polar surface area (TPSA) is 96.9 Å². The highest BCUT2D eigenvalue weighted by molar-refractivity contribution is 5.79. The maximum absolute atomic E-state index is 11.8. The van der Waals surface area contributed by atoms with E-state index >= 15 is 0 Å². The van der Waals surface area contributed by atoms with Gasteiger partial charge in [-0.05, 0) is 25.7 Å². The van der Waals surface area contributed by atoms with Crippen LogP contribution < -0.4 is 10.6 Å². The zero-order valence-electron chi connectivity index (χ0n) is 11.7. The summed E-state index contributed by atoms with van der Waals surface area (Å²) in [6.45, 7) is 3.93. The van der Waals surface area contributed by atoms with Crippen LogP contribution in [-0.4, -0.2) is 56.1 Å². The van der Waals surface area contributed by atoms with Crippen LogP contribution in [0.1, 0.15) is 19.8 Å². The van der Waals surface area contributed by atoms with Crippen molar-refractivity contribution in [2.24, 2.45) is 11.3 Å². The number of urea groups is 1. The van der Waals surface area contributed by atoms with Gasteiger partial charge in [-0.15, -0.1) is 0 Å². The van der Waals surface area contributed by atoms with Crippen molar-refractivity contribution in [1.29, 1.82) is 0 Å². The molecular weight excluding hydrogens is 264 g/mol. The molecule has 0 bridgehead atoms. The summed E-state index contributed by atoms with van der Waals surface area (Å²) in [5, 5.41) is 14.7. The molecule has 3 unspecified atom stereocenters. The van der Waals surface area contributed by atoms with Crippen LogP contribution in [0.5, 0.6) is 0 Å². The van der Waals surface area contributed by atoms with Crippen molar-refractivity contribution in [3.8, 4) is 0 Å². The van der Waals surface area contributed by atoms with Crippen molar-refractivity contribution in [3.63, 3.8) is 0 Å². The van der Waals surface area contributed by atoms with Crippen molar-refractivity contribution in [2.75, 3.05) is 33.0 Å². The first kappa shape index (κ1) is 15.1. The van der Waals surface area contributed by atoms with Gasteiger partial charge in [-0.3, -0.25) is 4.79 Å². The van der Waals surface area contributed by atoms with E-state index in [4.69, 9.17) is 9.47 Å². The highest BCUT2D eigenvalue weighted by atomic mass is 16.5. The van der Waals surface area contributed by atoms with Crippen molar-refractivity contribution in [1.82, 2.24) is 10.6 Å². The van der Waals surface area contributed by atoms with Crippen LogP contribution in [-0.2, 0) is 14.3 Å². The van der Waals surface area contributed by atoms with E-state index in [1.54, 1.807) is 6.92 Å². The number of hydrogen-bond donors (Lipinski definition) is 3. The number of carbonyl (C=O) groups is 2. The molecule has 7 nitrogen and oxygen atoms in total. The Morgan fingerprint density at radius 3 is 2.80 bits per heavy atom. The Morgan fingerprint density at radius 2 is 2.15 bits per heavy atom. The van der Waals surface area contributed by atoms with Gasteiger partial charge in [-0.2, -0.15) is 0 Å². The van der Waals surface area contributed by atoms with E-state index in [9.17, 15) is 14.7 Å². The van der Waals surface area contributed by atoms with Crippen molar-refractivity contribution in [3.05, 3.63) is 0 Å². The van der Waals surface area contributed by atoms with Gasteiger partial charge in [-0.25, -0.2) is 4.79 Å². The molecule has 3 N–H and O–H groups in total. The average Bonchev–Trinajstić information content (AvgIpc) is 2.80. The number of aliphatic carboxylic acids is 1. The number of ether oxygens (including phenoxy) is 2. The van der Waals surface area contributed by atoms with E-state index in [0.29, 0.717) is 19.1 Å². The molecule has 0 aromatic rings. The standard InChI is InChI=1S/C13H22N2O5/c1-13(11(16)17)8-20-7-10(13)15-12(18)14-5-9-3-2-4-19-6-9/h9-10H,2-8H2,1H3,(H,16,17)(H2,14,15,18). The average molecular weight is 286 g/mol. The Bertz CT molecular complexity index is 370. The molecule has 2 saturated heterocycles. The molecule has 7 heteroatoms. The summed E-state index contributed by atoms with van der Waals surface area (Å²) < 4.78 is 10.5. The first-order valence-electron chi connectivity index (χ1n) is 6.95. The molecular formula is C13H22N2O5. The summed E-state index contributed by atoms with van der Waals surface area (Å²) in [7, 11) is 0. The van der Waals surface area contributed by atoms with Gasteiger partial charge in [0, 0.05) is 13.2 Å². The summed E-state index contributed by atoms with van der Waals surface area (Å²) in [5.41, 5.74) is -1.06. The zero-order valence-corrected chi connectivity index (χ0v) is 11.7. The van der Waals surface area contributed by atoms with Gasteiger partial charge in [-0.1, -0.05) is 0 Å². The van der Waals surface area contributed by atoms with Crippen LogP contribution >= 0.6 is 0 Å². The second-order valence-corrected chi connectivity index (χ2v) is 5.73. The highest BCUT2D eigenvalue weighted by Crippen LogP contribution is 2.28. The summed E-state index contributed by atoms with van der Waals surface area (Å²) in [5.74, 6) is -0.624. The molecule has 0 aromatic carbocycles. The summed E-state index contributed by atoms with van der Waals surface area (Å²) >= 11 is 0. The van der Waals surface area contributed by atoms with Crippen LogP contribution in [0.4, 0.5) is 4.79 Å². The number of carboxylic acids is 1. The van der Waals surface area contributed by atoms with Crippen LogP contribution in [0.2, 0.25) is 0 Å². The quantitative estimate of drug-likeness (QED) is 0.686. The molecule has 0 spiro atoms. The predicted octanol–water partition coefficient (Wildman–Crippen LogP) is 0.202. The van der Waals surface area contributed by atoms with Gasteiger partial charge in [0.25, 0.3) is 0 Å². The minimum Gasteiger partial charge on any atom is -0.481 e. The van der Waals surface area contributed by atoms with Crippen molar-refractivity contribution < 1.29 is 24.2 Å². The monoisotopic (exact) mass is 286 g/mol. The largest absolute Gasteiger partial charge is 0.481 e. The minimum absolute atomic E-state index is 0.115. The zero-order chi connectivity index (χ0) is 14.6. The Morgan fingerprint density at radius 1 is 1.35 bits per heavy atom. The van der Waals surface area contributed by atoms with E-state index in [-0.39, 0.29) is 19.2 Å². The van der Waals surface area contributed by atoms with Crippen LogP contribution in [0, 0.1) is 11.3 Å². The Labute approximate surface area is 118 Å². The van der Waals surface area contributed by atoms with E-state index in [1.807, 2.05) is 0 Å². The van der Waals surface area contributed by atoms with Crippen LogP contribution in [0.3, 0.4) is 0 Å². The first-order chi connectivity index (χ1) is 9.52. The minimum atomic E-state index is -1.06. The van der Waals surface area contributed by atoms with Gasteiger partial charge >= 0.3 is 12.0 Å². The Balaban J connectivity index is 1.77. The smallest absolute Gasteiger partial charge is 0.315 e. The lowest BCUT2D eigenvalue weighted by Gasteiger charge is -2.26. The Hall–Kier alpha value is -1.34. The third-order valence-electron chi connectivity index (χ3n) is 4.06. The van der Waals surface area contributed by atoms with Gasteiger partial charge in [0.05, 0.1) is 25.9 Å².